The normalized spacial score (nSPS) is 15.4. The highest BCUT2D eigenvalue weighted by atomic mass is 16.5. The molecular weight excluding hydrogens is 376 g/mol. The third-order valence-electron chi connectivity index (χ3n) is 5.61. The minimum Gasteiger partial charge on any atom is -0.374 e. The molecule has 30 heavy (non-hydrogen) atoms. The van der Waals surface area contributed by atoms with Gasteiger partial charge in [-0.1, -0.05) is 55.7 Å². The monoisotopic (exact) mass is 408 g/mol. The Labute approximate surface area is 179 Å². The number of rotatable bonds is 9. The molecule has 0 heterocycles. The largest absolute Gasteiger partial charge is 0.374 e. The second kappa shape index (κ2) is 11.5. The van der Waals surface area contributed by atoms with Crippen molar-refractivity contribution in [3.05, 3.63) is 65.7 Å². The van der Waals surface area contributed by atoms with E-state index in [1.807, 2.05) is 43.3 Å². The fraction of sp³-hybridized carbons (Fsp3) is 0.440. The van der Waals surface area contributed by atoms with Crippen LogP contribution in [0, 0.1) is 5.92 Å². The lowest BCUT2D eigenvalue weighted by Crippen LogP contribution is -2.26. The van der Waals surface area contributed by atoms with Crippen molar-refractivity contribution in [1.82, 2.24) is 5.32 Å². The fourth-order valence-corrected chi connectivity index (χ4v) is 3.80. The number of hydrogen-bond acceptors (Lipinski definition) is 3. The highest BCUT2D eigenvalue weighted by Gasteiger charge is 2.21. The summed E-state index contributed by atoms with van der Waals surface area (Å²) < 4.78 is 5.84. The molecule has 3 rings (SSSR count). The molecule has 2 amide bonds. The number of nitrogens with one attached hydrogen (secondary N) is 2. The van der Waals surface area contributed by atoms with E-state index in [-0.39, 0.29) is 23.8 Å². The molecule has 0 spiro atoms. The van der Waals surface area contributed by atoms with Crippen molar-refractivity contribution >= 4 is 17.5 Å². The van der Waals surface area contributed by atoms with Crippen LogP contribution in [0.15, 0.2) is 54.6 Å². The lowest BCUT2D eigenvalue weighted by Gasteiger charge is -2.20. The molecule has 160 valence electrons. The molecule has 0 aromatic heterocycles. The molecule has 0 saturated heterocycles. The summed E-state index contributed by atoms with van der Waals surface area (Å²) in [5, 5.41) is 5.90. The average molecular weight is 409 g/mol. The Kier molecular flexibility index (Phi) is 8.45. The molecule has 1 aliphatic carbocycles. The van der Waals surface area contributed by atoms with Crippen LogP contribution >= 0.6 is 0 Å². The van der Waals surface area contributed by atoms with Crippen LogP contribution in [-0.2, 0) is 9.53 Å². The second-order valence-corrected chi connectivity index (χ2v) is 7.94. The molecule has 1 unspecified atom stereocenters. The van der Waals surface area contributed by atoms with Crippen LogP contribution in [0.5, 0.6) is 0 Å². The lowest BCUT2D eigenvalue weighted by atomic mass is 9.88. The van der Waals surface area contributed by atoms with Gasteiger partial charge in [0.05, 0.1) is 6.10 Å². The summed E-state index contributed by atoms with van der Waals surface area (Å²) in [4.78, 5) is 24.9. The quantitative estimate of drug-likeness (QED) is 0.567. The summed E-state index contributed by atoms with van der Waals surface area (Å²) >= 11 is 0. The first-order chi connectivity index (χ1) is 14.6. The molecule has 5 heteroatoms. The Morgan fingerprint density at radius 1 is 1.03 bits per heavy atom. The number of hydrogen-bond donors (Lipinski definition) is 2. The first-order valence-electron chi connectivity index (χ1n) is 11.0. The fourth-order valence-electron chi connectivity index (χ4n) is 3.80. The molecule has 2 aromatic carbocycles. The van der Waals surface area contributed by atoms with Crippen LogP contribution in [0.3, 0.4) is 0 Å². The predicted molar refractivity (Wildman–Crippen MR) is 119 cm³/mol. The van der Waals surface area contributed by atoms with Crippen LogP contribution < -0.4 is 10.6 Å². The van der Waals surface area contributed by atoms with Gasteiger partial charge in [0.2, 0.25) is 5.91 Å². The van der Waals surface area contributed by atoms with Crippen molar-refractivity contribution in [2.24, 2.45) is 5.92 Å². The van der Waals surface area contributed by atoms with Gasteiger partial charge in [0.15, 0.2) is 0 Å². The Morgan fingerprint density at radius 2 is 1.80 bits per heavy atom. The number of benzene rings is 2. The minimum absolute atomic E-state index is 0.0337. The first kappa shape index (κ1) is 22.0. The summed E-state index contributed by atoms with van der Waals surface area (Å²) in [6.45, 7) is 3.15. The van der Waals surface area contributed by atoms with Crippen LogP contribution in [0.25, 0.3) is 0 Å². The minimum atomic E-state index is -0.139. The molecule has 0 aliphatic heterocycles. The van der Waals surface area contributed by atoms with Gasteiger partial charge < -0.3 is 15.4 Å². The van der Waals surface area contributed by atoms with Gasteiger partial charge in [-0.3, -0.25) is 9.59 Å². The van der Waals surface area contributed by atoms with E-state index in [0.717, 1.165) is 37.7 Å². The predicted octanol–water partition coefficient (Wildman–Crippen LogP) is 5.10. The van der Waals surface area contributed by atoms with Crippen molar-refractivity contribution in [3.8, 4) is 0 Å². The third kappa shape index (κ3) is 6.70. The van der Waals surface area contributed by atoms with Gasteiger partial charge in [-0.2, -0.15) is 0 Å². The summed E-state index contributed by atoms with van der Waals surface area (Å²) in [5.41, 5.74) is 2.38. The SMILES string of the molecule is CC(OCCCNC(=O)c1cccc(NC(=O)C2CCCCC2)c1)c1ccccc1. The van der Waals surface area contributed by atoms with Gasteiger partial charge >= 0.3 is 0 Å². The molecule has 1 atom stereocenters. The third-order valence-corrected chi connectivity index (χ3v) is 5.61. The zero-order valence-corrected chi connectivity index (χ0v) is 17.7. The number of amides is 2. The van der Waals surface area contributed by atoms with Gasteiger partial charge in [0.1, 0.15) is 0 Å². The average Bonchev–Trinajstić information content (AvgIpc) is 2.80. The molecule has 2 N–H and O–H groups in total. The number of anilines is 1. The molecule has 5 nitrogen and oxygen atoms in total. The molecule has 1 fully saturated rings. The molecule has 0 bridgehead atoms. The van der Waals surface area contributed by atoms with Crippen molar-refractivity contribution in [1.29, 1.82) is 0 Å². The Balaban J connectivity index is 1.40. The lowest BCUT2D eigenvalue weighted by molar-refractivity contribution is -0.120. The summed E-state index contributed by atoms with van der Waals surface area (Å²) in [6, 6.07) is 17.2. The topological polar surface area (TPSA) is 67.4 Å². The van der Waals surface area contributed by atoms with Crippen LogP contribution in [0.1, 0.15) is 67.5 Å². The Hall–Kier alpha value is -2.66. The van der Waals surface area contributed by atoms with Crippen LogP contribution in [-0.4, -0.2) is 25.0 Å². The second-order valence-electron chi connectivity index (χ2n) is 7.94. The molecule has 1 saturated carbocycles. The van der Waals surface area contributed by atoms with E-state index in [1.165, 1.54) is 6.42 Å². The summed E-state index contributed by atoms with van der Waals surface area (Å²) in [6.07, 6.45) is 6.14. The maximum Gasteiger partial charge on any atom is 0.251 e. The van der Waals surface area contributed by atoms with Crippen molar-refractivity contribution < 1.29 is 14.3 Å². The van der Waals surface area contributed by atoms with E-state index in [0.29, 0.717) is 24.4 Å². The zero-order chi connectivity index (χ0) is 21.2. The molecule has 0 radical (unpaired) electrons. The highest BCUT2D eigenvalue weighted by Crippen LogP contribution is 2.25. The number of carbonyl (C=O) groups is 2. The van der Waals surface area contributed by atoms with Gasteiger partial charge in [-0.25, -0.2) is 0 Å². The van der Waals surface area contributed by atoms with E-state index in [1.54, 1.807) is 18.2 Å². The Bertz CT molecular complexity index is 816. The van der Waals surface area contributed by atoms with Crippen molar-refractivity contribution in [2.45, 2.75) is 51.6 Å². The number of ether oxygens (including phenoxy) is 1. The van der Waals surface area contributed by atoms with Gasteiger partial charge in [-0.05, 0) is 49.9 Å². The maximum absolute atomic E-state index is 12.4. The van der Waals surface area contributed by atoms with E-state index in [4.69, 9.17) is 4.74 Å². The van der Waals surface area contributed by atoms with E-state index < -0.39 is 0 Å². The smallest absolute Gasteiger partial charge is 0.251 e. The van der Waals surface area contributed by atoms with Gasteiger partial charge in [-0.15, -0.1) is 0 Å². The van der Waals surface area contributed by atoms with Crippen molar-refractivity contribution in [2.75, 3.05) is 18.5 Å². The van der Waals surface area contributed by atoms with Gasteiger partial charge in [0.25, 0.3) is 5.91 Å². The maximum atomic E-state index is 12.4. The van der Waals surface area contributed by atoms with Crippen molar-refractivity contribution in [3.63, 3.8) is 0 Å². The molecule has 2 aromatic rings. The van der Waals surface area contributed by atoms with Gasteiger partial charge in [0, 0.05) is 30.3 Å². The summed E-state index contributed by atoms with van der Waals surface area (Å²) in [7, 11) is 0. The zero-order valence-electron chi connectivity index (χ0n) is 17.7. The van der Waals surface area contributed by atoms with Crippen LogP contribution in [0.4, 0.5) is 5.69 Å². The van der Waals surface area contributed by atoms with E-state index in [2.05, 4.69) is 10.6 Å². The summed E-state index contributed by atoms with van der Waals surface area (Å²) in [5.74, 6) is 0.0197. The first-order valence-corrected chi connectivity index (χ1v) is 11.0. The van der Waals surface area contributed by atoms with Crippen LogP contribution in [0.2, 0.25) is 0 Å². The van der Waals surface area contributed by atoms with E-state index in [9.17, 15) is 9.59 Å². The number of carbonyl (C=O) groups excluding carboxylic acids is 2. The molecule has 1 aliphatic rings. The standard InChI is InChI=1S/C25H32N2O3/c1-19(20-10-4-2-5-11-20)30-17-9-16-26-24(28)22-14-8-15-23(18-22)27-25(29)21-12-6-3-7-13-21/h2,4-5,8,10-11,14-15,18-19,21H,3,6-7,9,12-13,16-17H2,1H3,(H,26,28)(H,27,29). The Morgan fingerprint density at radius 3 is 2.57 bits per heavy atom. The van der Waals surface area contributed by atoms with E-state index >= 15 is 0 Å². The molecular formula is C25H32N2O3. The highest BCUT2D eigenvalue weighted by molar-refractivity contribution is 5.97.